The molecule has 0 saturated heterocycles. The number of anilines is 1. The fraction of sp³-hybridized carbons (Fsp3) is 0.154. The molecule has 0 fully saturated rings. The highest BCUT2D eigenvalue weighted by Crippen LogP contribution is 2.42. The first-order valence-electron chi connectivity index (χ1n) is 10.9. The number of fused-ring (bicyclic) bond motifs is 2. The van der Waals surface area contributed by atoms with Gasteiger partial charge in [0.2, 0.25) is 11.7 Å². The number of hydrogen-bond donors (Lipinski definition) is 0. The Labute approximate surface area is 199 Å². The van der Waals surface area contributed by atoms with Crippen LogP contribution in [-0.2, 0) is 0 Å². The Morgan fingerprint density at radius 2 is 1.91 bits per heavy atom. The molecule has 1 amide bonds. The van der Waals surface area contributed by atoms with Crippen molar-refractivity contribution in [2.45, 2.75) is 13.0 Å². The van der Waals surface area contributed by atoms with Gasteiger partial charge < -0.3 is 13.9 Å². The zero-order valence-electron chi connectivity index (χ0n) is 18.7. The molecular weight excluding hydrogens is 453 g/mol. The van der Waals surface area contributed by atoms with Gasteiger partial charge in [0.25, 0.3) is 5.91 Å². The molecule has 3 heterocycles. The number of ether oxygens (including phenoxy) is 2. The summed E-state index contributed by atoms with van der Waals surface area (Å²) in [5.41, 5.74) is 0.216. The van der Waals surface area contributed by atoms with Crippen molar-refractivity contribution in [2.75, 3.05) is 18.1 Å². The van der Waals surface area contributed by atoms with Gasteiger partial charge in [-0.25, -0.2) is 14.4 Å². The van der Waals surface area contributed by atoms with Crippen LogP contribution in [0.25, 0.3) is 11.0 Å². The second kappa shape index (κ2) is 9.02. The van der Waals surface area contributed by atoms with Crippen molar-refractivity contribution in [1.29, 1.82) is 0 Å². The molecule has 0 spiro atoms. The molecule has 35 heavy (non-hydrogen) atoms. The predicted molar refractivity (Wildman–Crippen MR) is 126 cm³/mol. The number of rotatable bonds is 7. The second-order valence-corrected chi connectivity index (χ2v) is 7.68. The molecule has 0 N–H and O–H groups in total. The van der Waals surface area contributed by atoms with Crippen molar-refractivity contribution in [3.8, 4) is 11.5 Å². The van der Waals surface area contributed by atoms with Crippen LogP contribution in [0.2, 0.25) is 0 Å². The highest BCUT2D eigenvalue weighted by atomic mass is 19.1. The summed E-state index contributed by atoms with van der Waals surface area (Å²) in [7, 11) is 0. The van der Waals surface area contributed by atoms with E-state index in [2.05, 4.69) is 16.5 Å². The third-order valence-corrected chi connectivity index (χ3v) is 5.54. The van der Waals surface area contributed by atoms with Crippen LogP contribution in [0.15, 0.2) is 76.7 Å². The van der Waals surface area contributed by atoms with Gasteiger partial charge in [0.15, 0.2) is 16.9 Å². The van der Waals surface area contributed by atoms with Crippen LogP contribution in [0.3, 0.4) is 0 Å². The summed E-state index contributed by atoms with van der Waals surface area (Å²) in [6, 6.07) is 9.39. The maximum absolute atomic E-state index is 14.0. The molecule has 9 heteroatoms. The summed E-state index contributed by atoms with van der Waals surface area (Å²) in [5, 5.41) is 0.0355. The molecule has 1 aliphatic heterocycles. The maximum Gasteiger partial charge on any atom is 0.297 e. The Kier molecular flexibility index (Phi) is 5.74. The van der Waals surface area contributed by atoms with Gasteiger partial charge in [-0.3, -0.25) is 14.5 Å². The lowest BCUT2D eigenvalue weighted by molar-refractivity contribution is 0.0969. The van der Waals surface area contributed by atoms with Gasteiger partial charge in [-0.15, -0.1) is 0 Å². The molecule has 0 aliphatic carbocycles. The third-order valence-electron chi connectivity index (χ3n) is 5.54. The topological polar surface area (TPSA) is 94.8 Å². The average molecular weight is 473 g/mol. The van der Waals surface area contributed by atoms with Crippen LogP contribution in [-0.4, -0.2) is 29.1 Å². The van der Waals surface area contributed by atoms with Crippen LogP contribution in [0, 0.1) is 5.82 Å². The van der Waals surface area contributed by atoms with Gasteiger partial charge in [0, 0.05) is 12.4 Å². The summed E-state index contributed by atoms with van der Waals surface area (Å²) in [5.74, 6) is -0.307. The molecule has 4 aromatic rings. The highest BCUT2D eigenvalue weighted by Gasteiger charge is 2.45. The summed E-state index contributed by atoms with van der Waals surface area (Å²) < 4.78 is 31.2. The molecule has 8 nitrogen and oxygen atoms in total. The molecule has 0 saturated carbocycles. The van der Waals surface area contributed by atoms with Crippen molar-refractivity contribution < 1.29 is 23.1 Å². The summed E-state index contributed by atoms with van der Waals surface area (Å²) in [6.45, 7) is 6.12. The van der Waals surface area contributed by atoms with Crippen LogP contribution in [0.1, 0.15) is 34.6 Å². The zero-order chi connectivity index (χ0) is 24.5. The molecule has 0 radical (unpaired) electrons. The number of halogens is 1. The molecule has 0 bridgehead atoms. The Balaban J connectivity index is 1.75. The van der Waals surface area contributed by atoms with E-state index in [9.17, 15) is 14.0 Å². The minimum absolute atomic E-state index is 0.0355. The van der Waals surface area contributed by atoms with E-state index >= 15 is 0 Å². The zero-order valence-corrected chi connectivity index (χ0v) is 18.7. The van der Waals surface area contributed by atoms with Crippen molar-refractivity contribution in [3.05, 3.63) is 100 Å². The lowest BCUT2D eigenvalue weighted by Crippen LogP contribution is -2.31. The van der Waals surface area contributed by atoms with Gasteiger partial charge in [-0.1, -0.05) is 18.7 Å². The van der Waals surface area contributed by atoms with E-state index in [1.54, 1.807) is 30.3 Å². The first-order valence-corrected chi connectivity index (χ1v) is 10.9. The smallest absolute Gasteiger partial charge is 0.297 e. The summed E-state index contributed by atoms with van der Waals surface area (Å²) in [4.78, 5) is 36.9. The van der Waals surface area contributed by atoms with Crippen molar-refractivity contribution in [3.63, 3.8) is 0 Å². The van der Waals surface area contributed by atoms with E-state index in [4.69, 9.17) is 13.9 Å². The van der Waals surface area contributed by atoms with Gasteiger partial charge in [0.05, 0.1) is 23.6 Å². The van der Waals surface area contributed by atoms with Crippen LogP contribution in [0.4, 0.5) is 10.3 Å². The first-order chi connectivity index (χ1) is 17.0. The number of carbonyl (C=O) groups is 1. The quantitative estimate of drug-likeness (QED) is 0.366. The Morgan fingerprint density at radius 1 is 1.11 bits per heavy atom. The highest BCUT2D eigenvalue weighted by molar-refractivity contribution is 6.09. The number of aromatic nitrogens is 2. The lowest BCUT2D eigenvalue weighted by atomic mass is 9.98. The van der Waals surface area contributed by atoms with E-state index in [1.165, 1.54) is 29.4 Å². The van der Waals surface area contributed by atoms with Crippen LogP contribution < -0.4 is 19.8 Å². The monoisotopic (exact) mass is 473 g/mol. The van der Waals surface area contributed by atoms with Crippen molar-refractivity contribution in [2.24, 2.45) is 0 Å². The lowest BCUT2D eigenvalue weighted by Gasteiger charge is -2.24. The van der Waals surface area contributed by atoms with Crippen LogP contribution in [0.5, 0.6) is 11.5 Å². The van der Waals surface area contributed by atoms with Gasteiger partial charge in [-0.05, 0) is 48.9 Å². The minimum Gasteiger partial charge on any atom is -0.490 e. The largest absolute Gasteiger partial charge is 0.490 e. The third kappa shape index (κ3) is 3.80. The SMILES string of the molecule is C=CCOc1ccc(C2c3c(oc4ccc(F)cc4c3=O)C(=O)N2c2ncccn2)cc1OCC. The maximum atomic E-state index is 14.0. The van der Waals surface area contributed by atoms with Gasteiger partial charge in [-0.2, -0.15) is 0 Å². The number of nitrogens with zero attached hydrogens (tertiary/aromatic N) is 3. The predicted octanol–water partition coefficient (Wildman–Crippen LogP) is 4.44. The molecule has 2 aromatic heterocycles. The number of benzene rings is 2. The van der Waals surface area contributed by atoms with E-state index in [-0.39, 0.29) is 34.8 Å². The minimum atomic E-state index is -0.934. The molecule has 176 valence electrons. The molecule has 1 unspecified atom stereocenters. The van der Waals surface area contributed by atoms with E-state index in [0.29, 0.717) is 23.7 Å². The normalized spacial score (nSPS) is 14.7. The van der Waals surface area contributed by atoms with E-state index < -0.39 is 23.2 Å². The molecule has 1 aliphatic rings. The van der Waals surface area contributed by atoms with E-state index in [0.717, 1.165) is 6.07 Å². The van der Waals surface area contributed by atoms with Gasteiger partial charge >= 0.3 is 0 Å². The van der Waals surface area contributed by atoms with Crippen molar-refractivity contribution in [1.82, 2.24) is 9.97 Å². The molecule has 5 rings (SSSR count). The number of carbonyl (C=O) groups excluding carboxylic acids is 1. The second-order valence-electron chi connectivity index (χ2n) is 7.68. The first kappa shape index (κ1) is 22.3. The number of amides is 1. The summed E-state index contributed by atoms with van der Waals surface area (Å²) in [6.07, 6.45) is 4.60. The summed E-state index contributed by atoms with van der Waals surface area (Å²) >= 11 is 0. The Bertz CT molecular complexity index is 1500. The van der Waals surface area contributed by atoms with Crippen LogP contribution >= 0.6 is 0 Å². The van der Waals surface area contributed by atoms with Gasteiger partial charge in [0.1, 0.15) is 18.0 Å². The average Bonchev–Trinajstić information content (AvgIpc) is 3.17. The Morgan fingerprint density at radius 3 is 2.66 bits per heavy atom. The fourth-order valence-corrected chi connectivity index (χ4v) is 4.11. The number of hydrogen-bond acceptors (Lipinski definition) is 7. The molecule has 2 aromatic carbocycles. The molecular formula is C26H20FN3O5. The molecule has 1 atom stereocenters. The standard InChI is InChI=1S/C26H20FN3O5/c1-3-12-34-19-8-6-15(13-20(19)33-4-2)22-21-23(31)17-14-16(27)7-9-18(17)35-24(21)25(32)30(22)26-28-10-5-11-29-26/h3,5-11,13-14,22H,1,4,12H2,2H3. The van der Waals surface area contributed by atoms with E-state index in [1.807, 2.05) is 6.92 Å². The fourth-order valence-electron chi connectivity index (χ4n) is 4.11. The Hall–Kier alpha value is -4.53. The van der Waals surface area contributed by atoms with Crippen molar-refractivity contribution >= 4 is 22.8 Å².